The van der Waals surface area contributed by atoms with E-state index in [1.54, 1.807) is 6.92 Å². The zero-order valence-electron chi connectivity index (χ0n) is 16.8. The van der Waals surface area contributed by atoms with E-state index in [-0.39, 0.29) is 57.5 Å². The topological polar surface area (TPSA) is 77.4 Å². The Hall–Kier alpha value is 1.51. The Morgan fingerprint density at radius 3 is 1.60 bits per heavy atom. The predicted molar refractivity (Wildman–Crippen MR) is 100 cm³/mol. The van der Waals surface area contributed by atoms with Crippen LogP contribution in [0.25, 0.3) is 0 Å². The maximum atomic E-state index is 11.0. The Morgan fingerprint density at radius 2 is 1.16 bits per heavy atom. The molecule has 0 amide bonds. The molecule has 1 N–H and O–H groups in total. The van der Waals surface area contributed by atoms with Gasteiger partial charge < -0.3 is 9.66 Å². The van der Waals surface area contributed by atoms with Crippen LogP contribution in [0.3, 0.4) is 0 Å². The predicted octanol–water partition coefficient (Wildman–Crippen LogP) is 2.16. The minimum Gasteiger partial charge on any atom is -0.748 e. The van der Waals surface area contributed by atoms with Crippen LogP contribution in [0.2, 0.25) is 0 Å². The molecular weight excluding hydrogens is 363 g/mol. The molecular formula is C19H39KO4S. The van der Waals surface area contributed by atoms with Gasteiger partial charge in [-0.1, -0.05) is 84.5 Å². The van der Waals surface area contributed by atoms with Crippen LogP contribution in [0.4, 0.5) is 0 Å². The molecule has 0 aliphatic carbocycles. The average Bonchev–Trinajstić information content (AvgIpc) is 2.52. The van der Waals surface area contributed by atoms with Crippen LogP contribution in [-0.4, -0.2) is 29.4 Å². The Bertz CT molecular complexity index is 374. The molecule has 25 heavy (non-hydrogen) atoms. The van der Waals surface area contributed by atoms with Crippen LogP contribution in [0.15, 0.2) is 0 Å². The van der Waals surface area contributed by atoms with Crippen molar-refractivity contribution in [3.63, 3.8) is 0 Å². The fourth-order valence-electron chi connectivity index (χ4n) is 3.14. The zero-order chi connectivity index (χ0) is 18.3. The quantitative estimate of drug-likeness (QED) is 0.230. The van der Waals surface area contributed by atoms with E-state index in [0.717, 1.165) is 19.3 Å². The second kappa shape index (κ2) is 18.9. The maximum Gasteiger partial charge on any atom is 1.00 e. The molecule has 0 saturated heterocycles. The standard InChI is InChI=1S/C19H40O4S.K/c1-3-5-6-7-8-9-10-11-12-15-18(20)16-13-14-17-19(4-2)24(21,22)23;/h18-20H,3-17H2,1-2H3,(H,21,22,23);/q;+1/p-1. The van der Waals surface area contributed by atoms with Crippen molar-refractivity contribution in [1.29, 1.82) is 0 Å². The molecule has 0 aromatic rings. The van der Waals surface area contributed by atoms with E-state index < -0.39 is 15.4 Å². The molecule has 6 heteroatoms. The van der Waals surface area contributed by atoms with Crippen LogP contribution in [0.1, 0.15) is 110 Å². The molecule has 0 aliphatic rings. The van der Waals surface area contributed by atoms with Gasteiger partial charge in [0, 0.05) is 5.25 Å². The molecule has 0 saturated carbocycles. The van der Waals surface area contributed by atoms with Crippen LogP contribution >= 0.6 is 0 Å². The summed E-state index contributed by atoms with van der Waals surface area (Å²) >= 11 is 0. The first kappa shape index (κ1) is 28.7. The smallest absolute Gasteiger partial charge is 0.748 e. The van der Waals surface area contributed by atoms with Crippen molar-refractivity contribution in [2.45, 2.75) is 122 Å². The summed E-state index contributed by atoms with van der Waals surface area (Å²) in [5.74, 6) is 0. The van der Waals surface area contributed by atoms with Gasteiger partial charge in [0.15, 0.2) is 0 Å². The third kappa shape index (κ3) is 18.6. The molecule has 4 nitrogen and oxygen atoms in total. The van der Waals surface area contributed by atoms with Crippen molar-refractivity contribution in [2.24, 2.45) is 0 Å². The molecule has 0 bridgehead atoms. The van der Waals surface area contributed by atoms with Crippen molar-refractivity contribution in [3.8, 4) is 0 Å². The normalized spacial score (nSPS) is 14.1. The molecule has 2 unspecified atom stereocenters. The van der Waals surface area contributed by atoms with Gasteiger partial charge >= 0.3 is 51.4 Å². The van der Waals surface area contributed by atoms with Gasteiger partial charge in [0.2, 0.25) is 0 Å². The SMILES string of the molecule is CCCCCCCCCCCC(O)CCCCC(CC)S(=O)(=O)[O-].[K+]. The summed E-state index contributed by atoms with van der Waals surface area (Å²) in [6.45, 7) is 3.97. The Kier molecular flexibility index (Phi) is 21.7. The molecule has 146 valence electrons. The summed E-state index contributed by atoms with van der Waals surface area (Å²) in [6.07, 6.45) is 15.1. The third-order valence-corrected chi connectivity index (χ3v) is 6.20. The number of rotatable bonds is 17. The minimum absolute atomic E-state index is 0. The van der Waals surface area contributed by atoms with Gasteiger partial charge in [-0.3, -0.25) is 0 Å². The van der Waals surface area contributed by atoms with E-state index in [2.05, 4.69) is 6.92 Å². The van der Waals surface area contributed by atoms with E-state index in [4.69, 9.17) is 0 Å². The van der Waals surface area contributed by atoms with Gasteiger partial charge in [0.25, 0.3) is 0 Å². The zero-order valence-corrected chi connectivity index (χ0v) is 20.8. The second-order valence-electron chi connectivity index (χ2n) is 7.08. The van der Waals surface area contributed by atoms with Gasteiger partial charge in [-0.2, -0.15) is 0 Å². The van der Waals surface area contributed by atoms with Crippen LogP contribution < -0.4 is 51.4 Å². The number of hydrogen-bond acceptors (Lipinski definition) is 4. The van der Waals surface area contributed by atoms with Gasteiger partial charge in [0.05, 0.1) is 16.2 Å². The first-order valence-electron chi connectivity index (χ1n) is 10.0. The van der Waals surface area contributed by atoms with Crippen molar-refractivity contribution in [3.05, 3.63) is 0 Å². The Labute approximate surface area is 199 Å². The average molecular weight is 403 g/mol. The first-order valence-corrected chi connectivity index (χ1v) is 11.5. The van der Waals surface area contributed by atoms with Crippen LogP contribution in [-0.2, 0) is 10.1 Å². The monoisotopic (exact) mass is 402 g/mol. The van der Waals surface area contributed by atoms with Crippen molar-refractivity contribution in [2.75, 3.05) is 0 Å². The summed E-state index contributed by atoms with van der Waals surface area (Å²) in [7, 11) is -4.16. The molecule has 0 aromatic carbocycles. The molecule has 0 fully saturated rings. The Balaban J connectivity index is 0. The van der Waals surface area contributed by atoms with Gasteiger partial charge in [-0.25, -0.2) is 8.42 Å². The molecule has 2 atom stereocenters. The second-order valence-corrected chi connectivity index (χ2v) is 8.73. The summed E-state index contributed by atoms with van der Waals surface area (Å²) in [6, 6.07) is 0. The number of aliphatic hydroxyl groups is 1. The number of aliphatic hydroxyl groups excluding tert-OH is 1. The van der Waals surface area contributed by atoms with Crippen LogP contribution in [0, 0.1) is 0 Å². The Morgan fingerprint density at radius 1 is 0.760 bits per heavy atom. The van der Waals surface area contributed by atoms with Crippen LogP contribution in [0.5, 0.6) is 0 Å². The van der Waals surface area contributed by atoms with E-state index in [1.807, 2.05) is 0 Å². The molecule has 0 aliphatic heterocycles. The van der Waals surface area contributed by atoms with E-state index in [0.29, 0.717) is 25.7 Å². The molecule has 0 spiro atoms. The van der Waals surface area contributed by atoms with Crippen molar-refractivity contribution in [1.82, 2.24) is 0 Å². The largest absolute Gasteiger partial charge is 1.00 e. The summed E-state index contributed by atoms with van der Waals surface area (Å²) < 4.78 is 33.0. The van der Waals surface area contributed by atoms with Gasteiger partial charge in [-0.05, 0) is 25.7 Å². The molecule has 0 heterocycles. The van der Waals surface area contributed by atoms with Gasteiger partial charge in [0.1, 0.15) is 0 Å². The summed E-state index contributed by atoms with van der Waals surface area (Å²) in [5.41, 5.74) is 0. The summed E-state index contributed by atoms with van der Waals surface area (Å²) in [4.78, 5) is 0. The minimum atomic E-state index is -4.16. The number of unbranched alkanes of at least 4 members (excludes halogenated alkanes) is 9. The summed E-state index contributed by atoms with van der Waals surface area (Å²) in [5, 5.41) is 9.19. The number of hydrogen-bond donors (Lipinski definition) is 1. The van der Waals surface area contributed by atoms with E-state index in [1.165, 1.54) is 51.4 Å². The maximum absolute atomic E-state index is 11.0. The van der Waals surface area contributed by atoms with Gasteiger partial charge in [-0.15, -0.1) is 0 Å². The fourth-order valence-corrected chi connectivity index (χ4v) is 4.00. The van der Waals surface area contributed by atoms with E-state index in [9.17, 15) is 18.1 Å². The first-order chi connectivity index (χ1) is 11.4. The fraction of sp³-hybridized carbons (Fsp3) is 1.00. The molecule has 0 aromatic heterocycles. The van der Waals surface area contributed by atoms with Crippen molar-refractivity contribution >= 4 is 10.1 Å². The van der Waals surface area contributed by atoms with E-state index >= 15 is 0 Å². The molecule has 0 radical (unpaired) electrons. The van der Waals surface area contributed by atoms with Crippen molar-refractivity contribution < 1.29 is 69.5 Å². The third-order valence-electron chi connectivity index (χ3n) is 4.82. The molecule has 0 rings (SSSR count).